The van der Waals surface area contributed by atoms with E-state index in [1.807, 2.05) is 0 Å². The second-order valence-corrected chi connectivity index (χ2v) is 9.48. The molecule has 0 aliphatic carbocycles. The lowest BCUT2D eigenvalue weighted by atomic mass is 10.0. The van der Waals surface area contributed by atoms with Gasteiger partial charge >= 0.3 is 0 Å². The minimum absolute atomic E-state index is 0.0770. The van der Waals surface area contributed by atoms with E-state index < -0.39 is 19.2 Å². The third kappa shape index (κ3) is 3.81. The van der Waals surface area contributed by atoms with E-state index in [-0.39, 0.29) is 12.8 Å². The van der Waals surface area contributed by atoms with Crippen LogP contribution in [0.2, 0.25) is 0 Å². The maximum atomic E-state index is 10.0. The summed E-state index contributed by atoms with van der Waals surface area (Å²) in [5, 5.41) is 27.4. The molecule has 0 saturated heterocycles. The molecule has 0 radical (unpaired) electrons. The van der Waals surface area contributed by atoms with Crippen LogP contribution in [0.15, 0.2) is 10.3 Å². The van der Waals surface area contributed by atoms with E-state index >= 15 is 0 Å². The van der Waals surface area contributed by atoms with Crippen LogP contribution in [0.4, 0.5) is 0 Å². The van der Waals surface area contributed by atoms with Crippen LogP contribution in [0, 0.1) is 0 Å². The zero-order valence-electron chi connectivity index (χ0n) is 10.7. The third-order valence-electron chi connectivity index (χ3n) is 3.13. The van der Waals surface area contributed by atoms with Gasteiger partial charge in [-0.3, -0.25) is 0 Å². The first-order valence-electron chi connectivity index (χ1n) is 5.92. The Hall–Kier alpha value is 0.600. The van der Waals surface area contributed by atoms with Crippen LogP contribution in [-0.4, -0.2) is 40.8 Å². The first kappa shape index (κ1) is 18.9. The molecule has 2 unspecified atom stereocenters. The molecule has 0 spiro atoms. The molecule has 0 fully saturated rings. The summed E-state index contributed by atoms with van der Waals surface area (Å²) < 4.78 is -4.08. The standard InChI is InChI=1S/C10H10Cl6N2O4/c11-9(12,13)7(19)3-5(17-21-7)1-2-6-4-8(20,22-18-6)10(14,15)16/h19-20H,1-4H2. The Morgan fingerprint density at radius 3 is 1.36 bits per heavy atom. The summed E-state index contributed by atoms with van der Waals surface area (Å²) in [6.07, 6.45) is 0.515. The van der Waals surface area contributed by atoms with Crippen molar-refractivity contribution in [2.45, 2.75) is 44.8 Å². The summed E-state index contributed by atoms with van der Waals surface area (Å²) in [7, 11) is 0. The van der Waals surface area contributed by atoms with Gasteiger partial charge in [0.25, 0.3) is 19.2 Å². The Kier molecular flexibility index (Phi) is 5.29. The number of nitrogens with zero attached hydrogens (tertiary/aromatic N) is 2. The van der Waals surface area contributed by atoms with E-state index in [1.165, 1.54) is 0 Å². The molecule has 0 aromatic carbocycles. The topological polar surface area (TPSA) is 83.6 Å². The zero-order chi connectivity index (χ0) is 16.8. The van der Waals surface area contributed by atoms with Crippen molar-refractivity contribution >= 4 is 81.0 Å². The highest BCUT2D eigenvalue weighted by atomic mass is 35.6. The lowest BCUT2D eigenvalue weighted by Crippen LogP contribution is -2.43. The quantitative estimate of drug-likeness (QED) is 0.666. The van der Waals surface area contributed by atoms with Crippen molar-refractivity contribution in [3.63, 3.8) is 0 Å². The number of hydrogen-bond acceptors (Lipinski definition) is 6. The molecule has 6 nitrogen and oxygen atoms in total. The monoisotopic (exact) mass is 432 g/mol. The van der Waals surface area contributed by atoms with Crippen molar-refractivity contribution in [1.82, 2.24) is 0 Å². The molecule has 126 valence electrons. The van der Waals surface area contributed by atoms with E-state index in [0.717, 1.165) is 0 Å². The summed E-state index contributed by atoms with van der Waals surface area (Å²) in [5.74, 6) is -4.03. The van der Waals surface area contributed by atoms with Crippen molar-refractivity contribution in [2.24, 2.45) is 10.3 Å². The minimum Gasteiger partial charge on any atom is -0.355 e. The van der Waals surface area contributed by atoms with Gasteiger partial charge in [0, 0.05) is 0 Å². The molecule has 0 bridgehead atoms. The molecule has 12 heteroatoms. The molecule has 2 aliphatic heterocycles. The van der Waals surface area contributed by atoms with Gasteiger partial charge in [-0.05, 0) is 12.8 Å². The molecule has 2 heterocycles. The van der Waals surface area contributed by atoms with Gasteiger partial charge in [0.15, 0.2) is 0 Å². The predicted molar refractivity (Wildman–Crippen MR) is 86.0 cm³/mol. The smallest absolute Gasteiger partial charge is 0.287 e. The molecule has 2 rings (SSSR count). The second kappa shape index (κ2) is 6.15. The highest BCUT2D eigenvalue weighted by Crippen LogP contribution is 2.45. The Labute approximate surface area is 155 Å². The van der Waals surface area contributed by atoms with Crippen LogP contribution in [0.5, 0.6) is 0 Å². The second-order valence-electron chi connectivity index (χ2n) is 4.92. The normalized spacial score (nSPS) is 32.4. The van der Waals surface area contributed by atoms with Crippen LogP contribution in [0.25, 0.3) is 0 Å². The summed E-state index contributed by atoms with van der Waals surface area (Å²) in [6.45, 7) is 0. The van der Waals surface area contributed by atoms with Crippen LogP contribution >= 0.6 is 69.6 Å². The van der Waals surface area contributed by atoms with Crippen LogP contribution in [-0.2, 0) is 9.68 Å². The Morgan fingerprint density at radius 2 is 1.14 bits per heavy atom. The highest BCUT2D eigenvalue weighted by Gasteiger charge is 2.55. The first-order chi connectivity index (χ1) is 9.86. The molecular weight excluding hydrogens is 425 g/mol. The SMILES string of the molecule is OC1(C(Cl)(Cl)Cl)CC(CCC2=NOC(O)(C(Cl)(Cl)Cl)C2)=NO1. The van der Waals surface area contributed by atoms with Crippen LogP contribution in [0.3, 0.4) is 0 Å². The summed E-state index contributed by atoms with van der Waals surface area (Å²) in [4.78, 5) is 9.58. The lowest BCUT2D eigenvalue weighted by Gasteiger charge is -2.27. The molecule has 22 heavy (non-hydrogen) atoms. The van der Waals surface area contributed by atoms with Crippen LogP contribution < -0.4 is 0 Å². The summed E-state index contributed by atoms with van der Waals surface area (Å²) >= 11 is 33.7. The molecule has 0 aromatic heterocycles. The van der Waals surface area contributed by atoms with E-state index in [0.29, 0.717) is 24.3 Å². The fourth-order valence-electron chi connectivity index (χ4n) is 1.82. The van der Waals surface area contributed by atoms with Gasteiger partial charge in [0.1, 0.15) is 0 Å². The van der Waals surface area contributed by atoms with Gasteiger partial charge in [-0.2, -0.15) is 0 Å². The average molecular weight is 435 g/mol. The molecule has 2 N–H and O–H groups in total. The van der Waals surface area contributed by atoms with E-state index in [4.69, 9.17) is 79.3 Å². The number of aliphatic hydroxyl groups is 2. The molecule has 2 atom stereocenters. The van der Waals surface area contributed by atoms with Crippen molar-refractivity contribution in [3.8, 4) is 0 Å². The lowest BCUT2D eigenvalue weighted by molar-refractivity contribution is -0.181. The Morgan fingerprint density at radius 1 is 0.818 bits per heavy atom. The Bertz CT molecular complexity index is 471. The van der Waals surface area contributed by atoms with E-state index in [2.05, 4.69) is 10.3 Å². The predicted octanol–water partition coefficient (Wildman–Crippen LogP) is 3.44. The van der Waals surface area contributed by atoms with Gasteiger partial charge in [-0.1, -0.05) is 79.9 Å². The summed E-state index contributed by atoms with van der Waals surface area (Å²) in [6, 6.07) is 0. The average Bonchev–Trinajstić information content (AvgIpc) is 2.91. The molecule has 2 aliphatic rings. The molecule has 0 amide bonds. The number of oxime groups is 2. The van der Waals surface area contributed by atoms with Crippen molar-refractivity contribution in [2.75, 3.05) is 0 Å². The van der Waals surface area contributed by atoms with Crippen LogP contribution in [0.1, 0.15) is 25.7 Å². The van der Waals surface area contributed by atoms with Gasteiger partial charge in [-0.25, -0.2) is 0 Å². The maximum absolute atomic E-state index is 10.0. The van der Waals surface area contributed by atoms with Gasteiger partial charge in [-0.15, -0.1) is 0 Å². The van der Waals surface area contributed by atoms with Gasteiger partial charge < -0.3 is 19.9 Å². The Balaban J connectivity index is 1.87. The maximum Gasteiger partial charge on any atom is 0.287 e. The molecule has 0 aromatic rings. The molecular formula is C10H10Cl6N2O4. The third-order valence-corrected chi connectivity index (χ3v) is 4.90. The number of hydrogen-bond donors (Lipinski definition) is 2. The number of rotatable bonds is 3. The van der Waals surface area contributed by atoms with E-state index in [1.54, 1.807) is 0 Å². The first-order valence-corrected chi connectivity index (χ1v) is 8.19. The fraction of sp³-hybridized carbons (Fsp3) is 0.800. The highest BCUT2D eigenvalue weighted by molar-refractivity contribution is 6.68. The summed E-state index contributed by atoms with van der Waals surface area (Å²) in [5.41, 5.74) is 0.918. The zero-order valence-corrected chi connectivity index (χ0v) is 15.2. The van der Waals surface area contributed by atoms with Crippen molar-refractivity contribution < 1.29 is 19.9 Å². The fourth-order valence-corrected chi connectivity index (χ4v) is 2.43. The van der Waals surface area contributed by atoms with E-state index in [9.17, 15) is 10.2 Å². The van der Waals surface area contributed by atoms with Crippen molar-refractivity contribution in [3.05, 3.63) is 0 Å². The van der Waals surface area contributed by atoms with Crippen molar-refractivity contribution in [1.29, 1.82) is 0 Å². The molecule has 0 saturated carbocycles. The number of halogens is 6. The number of alkyl halides is 6. The van der Waals surface area contributed by atoms with Gasteiger partial charge in [0.05, 0.1) is 24.3 Å². The van der Waals surface area contributed by atoms with Gasteiger partial charge in [0.2, 0.25) is 0 Å². The largest absolute Gasteiger partial charge is 0.355 e. The minimum atomic E-state index is -2.04.